The number of hydrogen-bond acceptors (Lipinski definition) is 5. The molecule has 0 aromatic heterocycles. The lowest BCUT2D eigenvalue weighted by Crippen LogP contribution is -2.39. The molecule has 7 nitrogen and oxygen atoms in total. The van der Waals surface area contributed by atoms with Gasteiger partial charge in [-0.3, -0.25) is 9.52 Å². The van der Waals surface area contributed by atoms with Crippen LogP contribution in [-0.4, -0.2) is 34.1 Å². The largest absolute Gasteiger partial charge is 0.495 e. The molecule has 0 unspecified atom stereocenters. The number of benzene rings is 3. The standard InChI is InChI=1S/C24H22BrClN2O5S/c1-15-11-16-12-17(25)3-9-22(16)28(15)24(29)14-33-19-5-7-20(8-6-19)34(30,31)27-18-4-10-23(32-2)21(26)13-18/h3-10,12-13,15,27H,11,14H2,1-2H3/t15-/m0/s1. The summed E-state index contributed by atoms with van der Waals surface area (Å²) < 4.78 is 39.6. The Labute approximate surface area is 211 Å². The van der Waals surface area contributed by atoms with Crippen LogP contribution in [0, 0.1) is 0 Å². The normalized spacial score (nSPS) is 15.1. The van der Waals surface area contributed by atoms with Crippen molar-refractivity contribution in [1.82, 2.24) is 0 Å². The van der Waals surface area contributed by atoms with E-state index >= 15 is 0 Å². The smallest absolute Gasteiger partial charge is 0.265 e. The Morgan fingerprint density at radius 1 is 1.15 bits per heavy atom. The van der Waals surface area contributed by atoms with Gasteiger partial charge in [-0.2, -0.15) is 0 Å². The van der Waals surface area contributed by atoms with Crippen LogP contribution < -0.4 is 19.1 Å². The zero-order valence-electron chi connectivity index (χ0n) is 18.4. The van der Waals surface area contributed by atoms with E-state index in [9.17, 15) is 13.2 Å². The summed E-state index contributed by atoms with van der Waals surface area (Å²) in [5.41, 5.74) is 2.30. The minimum Gasteiger partial charge on any atom is -0.495 e. The number of sulfonamides is 1. The summed E-state index contributed by atoms with van der Waals surface area (Å²) >= 11 is 9.53. The van der Waals surface area contributed by atoms with Gasteiger partial charge < -0.3 is 14.4 Å². The molecule has 1 heterocycles. The Bertz CT molecular complexity index is 1330. The van der Waals surface area contributed by atoms with Crippen LogP contribution in [0.2, 0.25) is 5.02 Å². The highest BCUT2D eigenvalue weighted by molar-refractivity contribution is 9.10. The highest BCUT2D eigenvalue weighted by Crippen LogP contribution is 2.34. The molecule has 1 aliphatic rings. The minimum atomic E-state index is -3.84. The van der Waals surface area contributed by atoms with Gasteiger partial charge >= 0.3 is 0 Å². The van der Waals surface area contributed by atoms with Gasteiger partial charge in [0.05, 0.1) is 22.7 Å². The molecule has 178 valence electrons. The predicted octanol–water partition coefficient (Wildman–Crippen LogP) is 5.27. The monoisotopic (exact) mass is 564 g/mol. The quantitative estimate of drug-likeness (QED) is 0.422. The first-order valence-electron chi connectivity index (χ1n) is 10.4. The molecule has 1 atom stereocenters. The summed E-state index contributed by atoms with van der Waals surface area (Å²) in [5.74, 6) is 0.673. The van der Waals surface area contributed by atoms with E-state index in [1.165, 1.54) is 37.4 Å². The van der Waals surface area contributed by atoms with Crippen LogP contribution in [0.15, 0.2) is 70.0 Å². The van der Waals surface area contributed by atoms with Gasteiger partial charge in [0.1, 0.15) is 11.5 Å². The van der Waals surface area contributed by atoms with Gasteiger partial charge in [-0.05, 0) is 79.6 Å². The summed E-state index contributed by atoms with van der Waals surface area (Å²) in [7, 11) is -2.36. The van der Waals surface area contributed by atoms with E-state index < -0.39 is 10.0 Å². The van der Waals surface area contributed by atoms with Crippen LogP contribution >= 0.6 is 27.5 Å². The fourth-order valence-corrected chi connectivity index (χ4v) is 5.57. The van der Waals surface area contributed by atoms with Gasteiger partial charge in [-0.25, -0.2) is 8.42 Å². The Morgan fingerprint density at radius 2 is 1.88 bits per heavy atom. The van der Waals surface area contributed by atoms with E-state index in [-0.39, 0.29) is 23.5 Å². The van der Waals surface area contributed by atoms with Gasteiger partial charge in [0.15, 0.2) is 6.61 Å². The topological polar surface area (TPSA) is 84.9 Å². The molecule has 1 N–H and O–H groups in total. The lowest BCUT2D eigenvalue weighted by Gasteiger charge is -2.22. The molecule has 10 heteroatoms. The number of methoxy groups -OCH3 is 1. The second-order valence-electron chi connectivity index (χ2n) is 7.80. The first-order valence-corrected chi connectivity index (χ1v) is 13.0. The van der Waals surface area contributed by atoms with Crippen molar-refractivity contribution in [3.63, 3.8) is 0 Å². The second kappa shape index (κ2) is 9.85. The number of carbonyl (C=O) groups excluding carboxylic acids is 1. The Balaban J connectivity index is 1.40. The fourth-order valence-electron chi connectivity index (χ4n) is 3.85. The van der Waals surface area contributed by atoms with E-state index in [1.807, 2.05) is 25.1 Å². The zero-order chi connectivity index (χ0) is 24.5. The number of rotatable bonds is 7. The second-order valence-corrected chi connectivity index (χ2v) is 10.8. The van der Waals surface area contributed by atoms with Gasteiger partial charge in [-0.1, -0.05) is 27.5 Å². The summed E-state index contributed by atoms with van der Waals surface area (Å²) in [5, 5.41) is 0.290. The molecular formula is C24H22BrClN2O5S. The molecule has 0 radical (unpaired) electrons. The molecule has 3 aromatic carbocycles. The van der Waals surface area contributed by atoms with Crippen LogP contribution in [0.4, 0.5) is 11.4 Å². The molecule has 0 spiro atoms. The Hall–Kier alpha value is -2.75. The summed E-state index contributed by atoms with van der Waals surface area (Å²) in [6, 6.07) is 16.3. The van der Waals surface area contributed by atoms with E-state index in [0.29, 0.717) is 22.2 Å². The molecule has 1 amide bonds. The third kappa shape index (κ3) is 5.16. The first-order chi connectivity index (χ1) is 16.2. The molecule has 0 bridgehead atoms. The third-order valence-electron chi connectivity index (χ3n) is 5.43. The number of fused-ring (bicyclic) bond motifs is 1. The number of anilines is 2. The van der Waals surface area contributed by atoms with Gasteiger partial charge in [0.25, 0.3) is 15.9 Å². The SMILES string of the molecule is COc1ccc(NS(=O)(=O)c2ccc(OCC(=O)N3c4ccc(Br)cc4C[C@@H]3C)cc2)cc1Cl. The minimum absolute atomic E-state index is 0.0328. The van der Waals surface area contributed by atoms with Crippen molar-refractivity contribution < 1.29 is 22.7 Å². The lowest BCUT2D eigenvalue weighted by atomic mass is 10.1. The van der Waals surface area contributed by atoms with Crippen molar-refractivity contribution >= 4 is 54.8 Å². The number of ether oxygens (including phenoxy) is 2. The van der Waals surface area contributed by atoms with E-state index in [4.69, 9.17) is 21.1 Å². The summed E-state index contributed by atoms with van der Waals surface area (Å²) in [4.78, 5) is 14.6. The maximum Gasteiger partial charge on any atom is 0.265 e. The van der Waals surface area contributed by atoms with Crippen molar-refractivity contribution in [3.05, 3.63) is 75.7 Å². The average molecular weight is 566 g/mol. The first kappa shape index (κ1) is 24.4. The third-order valence-corrected chi connectivity index (χ3v) is 7.61. The molecule has 3 aromatic rings. The fraction of sp³-hybridized carbons (Fsp3) is 0.208. The number of carbonyl (C=O) groups is 1. The van der Waals surface area contributed by atoms with Crippen LogP contribution in [0.1, 0.15) is 12.5 Å². The Morgan fingerprint density at radius 3 is 2.56 bits per heavy atom. The molecule has 0 fully saturated rings. The molecule has 0 saturated carbocycles. The number of hydrogen-bond donors (Lipinski definition) is 1. The van der Waals surface area contributed by atoms with Crippen molar-refractivity contribution in [2.45, 2.75) is 24.3 Å². The van der Waals surface area contributed by atoms with E-state index in [0.717, 1.165) is 22.1 Å². The number of amides is 1. The number of nitrogens with zero attached hydrogens (tertiary/aromatic N) is 1. The van der Waals surface area contributed by atoms with Crippen molar-refractivity contribution in [1.29, 1.82) is 0 Å². The predicted molar refractivity (Wildman–Crippen MR) is 136 cm³/mol. The van der Waals surface area contributed by atoms with Crippen LogP contribution in [0.25, 0.3) is 0 Å². The molecular weight excluding hydrogens is 544 g/mol. The van der Waals surface area contributed by atoms with E-state index in [2.05, 4.69) is 20.7 Å². The number of nitrogens with one attached hydrogen (secondary N) is 1. The van der Waals surface area contributed by atoms with Gasteiger partial charge in [0.2, 0.25) is 0 Å². The van der Waals surface area contributed by atoms with E-state index in [1.54, 1.807) is 17.0 Å². The van der Waals surface area contributed by atoms with Crippen LogP contribution in [0.5, 0.6) is 11.5 Å². The summed E-state index contributed by atoms with van der Waals surface area (Å²) in [6.45, 7) is 1.84. The lowest BCUT2D eigenvalue weighted by molar-refractivity contribution is -0.120. The molecule has 1 aliphatic heterocycles. The zero-order valence-corrected chi connectivity index (χ0v) is 21.6. The number of halogens is 2. The van der Waals surface area contributed by atoms with Crippen LogP contribution in [0.3, 0.4) is 0 Å². The van der Waals surface area contributed by atoms with Gasteiger partial charge in [-0.15, -0.1) is 0 Å². The molecule has 0 saturated heterocycles. The van der Waals surface area contributed by atoms with Crippen molar-refractivity contribution in [3.8, 4) is 11.5 Å². The highest BCUT2D eigenvalue weighted by atomic mass is 79.9. The highest BCUT2D eigenvalue weighted by Gasteiger charge is 2.31. The van der Waals surface area contributed by atoms with Crippen molar-refractivity contribution in [2.75, 3.05) is 23.3 Å². The molecule has 4 rings (SSSR count). The van der Waals surface area contributed by atoms with Crippen LogP contribution in [-0.2, 0) is 21.2 Å². The molecule has 34 heavy (non-hydrogen) atoms. The molecule has 0 aliphatic carbocycles. The average Bonchev–Trinajstić information content (AvgIpc) is 3.12. The van der Waals surface area contributed by atoms with Crippen molar-refractivity contribution in [2.24, 2.45) is 0 Å². The van der Waals surface area contributed by atoms with Gasteiger partial charge in [0, 0.05) is 16.2 Å². The Kier molecular flexibility index (Phi) is 7.06. The maximum absolute atomic E-state index is 12.8. The summed E-state index contributed by atoms with van der Waals surface area (Å²) in [6.07, 6.45) is 0.777. The maximum atomic E-state index is 12.8.